The van der Waals surface area contributed by atoms with Crippen LogP contribution < -0.4 is 5.73 Å². The molecule has 0 heterocycles. The maximum Gasteiger partial charge on any atom is 0.306 e. The van der Waals surface area contributed by atoms with Gasteiger partial charge in [0, 0.05) is 6.42 Å². The summed E-state index contributed by atoms with van der Waals surface area (Å²) in [6.07, 6.45) is 7.37. The Kier molecular flexibility index (Phi) is 5.69. The van der Waals surface area contributed by atoms with Crippen LogP contribution in [0, 0.1) is 5.92 Å². The van der Waals surface area contributed by atoms with E-state index in [0.717, 1.165) is 19.3 Å². The van der Waals surface area contributed by atoms with Gasteiger partial charge in [0.1, 0.15) is 6.10 Å². The second-order valence-corrected chi connectivity index (χ2v) is 4.63. The third-order valence-electron chi connectivity index (χ3n) is 3.09. The fraction of sp³-hybridized carbons (Fsp3) is 0.917. The van der Waals surface area contributed by atoms with Crippen molar-refractivity contribution in [2.45, 2.75) is 58.0 Å². The Hall–Kier alpha value is -0.570. The number of rotatable bonds is 5. The van der Waals surface area contributed by atoms with Crippen LogP contribution in [0.5, 0.6) is 0 Å². The van der Waals surface area contributed by atoms with E-state index in [0.29, 0.717) is 18.9 Å². The van der Waals surface area contributed by atoms with E-state index in [1.165, 1.54) is 19.3 Å². The molecule has 0 bridgehead atoms. The number of carbonyl (C=O) groups is 1. The lowest BCUT2D eigenvalue weighted by Gasteiger charge is -2.22. The van der Waals surface area contributed by atoms with Crippen molar-refractivity contribution in [3.8, 4) is 0 Å². The second-order valence-electron chi connectivity index (χ2n) is 4.63. The predicted octanol–water partition coefficient (Wildman–Crippen LogP) is 2.24. The van der Waals surface area contributed by atoms with Crippen LogP contribution in [0.2, 0.25) is 0 Å². The highest BCUT2D eigenvalue weighted by Gasteiger charge is 2.17. The summed E-state index contributed by atoms with van der Waals surface area (Å²) < 4.78 is 5.41. The Morgan fingerprint density at radius 2 is 2.07 bits per heavy atom. The summed E-state index contributed by atoms with van der Waals surface area (Å²) >= 11 is 0. The molecule has 1 fully saturated rings. The summed E-state index contributed by atoms with van der Waals surface area (Å²) in [4.78, 5) is 11.5. The molecule has 0 aromatic rings. The highest BCUT2D eigenvalue weighted by Crippen LogP contribution is 2.21. The Balaban J connectivity index is 2.11. The fourth-order valence-corrected chi connectivity index (χ4v) is 1.91. The summed E-state index contributed by atoms with van der Waals surface area (Å²) in [5, 5.41) is 0. The number of esters is 1. The molecule has 0 aromatic heterocycles. The summed E-state index contributed by atoms with van der Waals surface area (Å²) in [5.74, 6) is 0.381. The Bertz CT molecular complexity index is 188. The molecule has 1 aliphatic carbocycles. The van der Waals surface area contributed by atoms with Gasteiger partial charge in [0.2, 0.25) is 0 Å². The standard InChI is InChI=1S/C12H23NO2/c1-10(9-13)7-8-12(14)15-11-5-3-2-4-6-11/h10-11H,2-9,13H2,1H3. The van der Waals surface area contributed by atoms with E-state index < -0.39 is 0 Å². The van der Waals surface area contributed by atoms with Crippen molar-refractivity contribution in [1.82, 2.24) is 0 Å². The molecule has 88 valence electrons. The normalized spacial score (nSPS) is 19.9. The first-order chi connectivity index (χ1) is 7.22. The molecule has 3 nitrogen and oxygen atoms in total. The van der Waals surface area contributed by atoms with Gasteiger partial charge in [-0.1, -0.05) is 13.3 Å². The minimum Gasteiger partial charge on any atom is -0.462 e. The summed E-state index contributed by atoms with van der Waals surface area (Å²) in [6, 6.07) is 0. The van der Waals surface area contributed by atoms with E-state index in [2.05, 4.69) is 6.92 Å². The molecule has 1 aliphatic rings. The van der Waals surface area contributed by atoms with E-state index >= 15 is 0 Å². The molecular weight excluding hydrogens is 190 g/mol. The van der Waals surface area contributed by atoms with E-state index in [1.54, 1.807) is 0 Å². The van der Waals surface area contributed by atoms with Crippen LogP contribution >= 0.6 is 0 Å². The zero-order valence-corrected chi connectivity index (χ0v) is 9.71. The van der Waals surface area contributed by atoms with Crippen LogP contribution in [0.1, 0.15) is 51.9 Å². The number of carbonyl (C=O) groups excluding carboxylic acids is 1. The molecule has 1 atom stereocenters. The zero-order valence-electron chi connectivity index (χ0n) is 9.71. The lowest BCUT2D eigenvalue weighted by Crippen LogP contribution is -2.21. The first-order valence-corrected chi connectivity index (χ1v) is 6.12. The third kappa shape index (κ3) is 5.17. The second kappa shape index (κ2) is 6.83. The quantitative estimate of drug-likeness (QED) is 0.712. The number of hydrogen-bond acceptors (Lipinski definition) is 3. The van der Waals surface area contributed by atoms with Gasteiger partial charge in [-0.15, -0.1) is 0 Å². The molecule has 2 N–H and O–H groups in total. The van der Waals surface area contributed by atoms with Crippen LogP contribution in [-0.2, 0) is 9.53 Å². The van der Waals surface area contributed by atoms with Gasteiger partial charge in [0.15, 0.2) is 0 Å². The lowest BCUT2D eigenvalue weighted by atomic mass is 9.98. The SMILES string of the molecule is CC(CN)CCC(=O)OC1CCCCC1. The minimum absolute atomic E-state index is 0.0396. The van der Waals surface area contributed by atoms with Gasteiger partial charge in [-0.05, 0) is 44.6 Å². The van der Waals surface area contributed by atoms with Crippen molar-refractivity contribution < 1.29 is 9.53 Å². The van der Waals surface area contributed by atoms with Gasteiger partial charge in [-0.25, -0.2) is 0 Å². The molecule has 0 spiro atoms. The van der Waals surface area contributed by atoms with Crippen LogP contribution in [0.3, 0.4) is 0 Å². The van der Waals surface area contributed by atoms with Gasteiger partial charge in [0.25, 0.3) is 0 Å². The van der Waals surface area contributed by atoms with Crippen molar-refractivity contribution >= 4 is 5.97 Å². The third-order valence-corrected chi connectivity index (χ3v) is 3.09. The lowest BCUT2D eigenvalue weighted by molar-refractivity contribution is -0.150. The maximum atomic E-state index is 11.5. The molecule has 0 aliphatic heterocycles. The molecule has 3 heteroatoms. The van der Waals surface area contributed by atoms with E-state index in [1.807, 2.05) is 0 Å². The van der Waals surface area contributed by atoms with Crippen LogP contribution in [0.25, 0.3) is 0 Å². The maximum absolute atomic E-state index is 11.5. The van der Waals surface area contributed by atoms with Crippen LogP contribution in [-0.4, -0.2) is 18.6 Å². The largest absolute Gasteiger partial charge is 0.462 e. The van der Waals surface area contributed by atoms with Gasteiger partial charge in [-0.3, -0.25) is 4.79 Å². The fourth-order valence-electron chi connectivity index (χ4n) is 1.91. The number of nitrogens with two attached hydrogens (primary N) is 1. The number of hydrogen-bond donors (Lipinski definition) is 1. The molecule has 0 saturated heterocycles. The monoisotopic (exact) mass is 213 g/mol. The minimum atomic E-state index is -0.0396. The highest BCUT2D eigenvalue weighted by molar-refractivity contribution is 5.69. The van der Waals surface area contributed by atoms with Crippen molar-refractivity contribution in [2.24, 2.45) is 11.7 Å². The van der Waals surface area contributed by atoms with Crippen LogP contribution in [0.15, 0.2) is 0 Å². The molecule has 0 radical (unpaired) electrons. The van der Waals surface area contributed by atoms with Gasteiger partial charge in [-0.2, -0.15) is 0 Å². The summed E-state index contributed by atoms with van der Waals surface area (Å²) in [7, 11) is 0. The topological polar surface area (TPSA) is 52.3 Å². The molecule has 0 aromatic carbocycles. The Morgan fingerprint density at radius 1 is 1.40 bits per heavy atom. The molecule has 15 heavy (non-hydrogen) atoms. The number of ether oxygens (including phenoxy) is 1. The molecule has 0 amide bonds. The van der Waals surface area contributed by atoms with Crippen LogP contribution in [0.4, 0.5) is 0 Å². The van der Waals surface area contributed by atoms with E-state index in [-0.39, 0.29) is 12.1 Å². The smallest absolute Gasteiger partial charge is 0.306 e. The van der Waals surface area contributed by atoms with Gasteiger partial charge in [0.05, 0.1) is 0 Å². The first-order valence-electron chi connectivity index (χ1n) is 6.12. The first kappa shape index (κ1) is 12.5. The average molecular weight is 213 g/mol. The summed E-state index contributed by atoms with van der Waals surface area (Å²) in [5.41, 5.74) is 5.49. The van der Waals surface area contributed by atoms with Crippen molar-refractivity contribution in [3.05, 3.63) is 0 Å². The van der Waals surface area contributed by atoms with Gasteiger partial charge >= 0.3 is 5.97 Å². The average Bonchev–Trinajstić information content (AvgIpc) is 2.27. The zero-order chi connectivity index (χ0) is 11.1. The Morgan fingerprint density at radius 3 is 2.67 bits per heavy atom. The molecule has 1 unspecified atom stereocenters. The predicted molar refractivity (Wildman–Crippen MR) is 60.4 cm³/mol. The van der Waals surface area contributed by atoms with Crippen molar-refractivity contribution in [3.63, 3.8) is 0 Å². The molecule has 1 rings (SSSR count). The van der Waals surface area contributed by atoms with E-state index in [9.17, 15) is 4.79 Å². The molecular formula is C12H23NO2. The Labute approximate surface area is 92.4 Å². The highest BCUT2D eigenvalue weighted by atomic mass is 16.5. The summed E-state index contributed by atoms with van der Waals surface area (Å²) in [6.45, 7) is 2.71. The molecule has 1 saturated carbocycles. The van der Waals surface area contributed by atoms with Crippen molar-refractivity contribution in [2.75, 3.05) is 6.54 Å². The van der Waals surface area contributed by atoms with Crippen molar-refractivity contribution in [1.29, 1.82) is 0 Å². The van der Waals surface area contributed by atoms with Gasteiger partial charge < -0.3 is 10.5 Å². The van der Waals surface area contributed by atoms with E-state index in [4.69, 9.17) is 10.5 Å².